The molecule has 3 aromatic rings. The number of benzene rings is 2. The van der Waals surface area contributed by atoms with E-state index in [1.807, 2.05) is 48.5 Å². The Morgan fingerprint density at radius 1 is 1.07 bits per heavy atom. The second kappa shape index (κ2) is 9.49. The highest BCUT2D eigenvalue weighted by molar-refractivity contribution is 5.40. The molecule has 158 valence electrons. The van der Waals surface area contributed by atoms with Gasteiger partial charge in [-0.3, -0.25) is 4.90 Å². The van der Waals surface area contributed by atoms with Gasteiger partial charge in [-0.2, -0.15) is 4.98 Å². The van der Waals surface area contributed by atoms with E-state index in [-0.39, 0.29) is 12.7 Å². The van der Waals surface area contributed by atoms with Gasteiger partial charge in [0.2, 0.25) is 11.7 Å². The van der Waals surface area contributed by atoms with Crippen LogP contribution in [0.4, 0.5) is 0 Å². The van der Waals surface area contributed by atoms with Crippen molar-refractivity contribution in [3.63, 3.8) is 0 Å². The maximum atomic E-state index is 6.05. The molecule has 1 atom stereocenters. The van der Waals surface area contributed by atoms with Crippen LogP contribution in [0.1, 0.15) is 18.6 Å². The van der Waals surface area contributed by atoms with Gasteiger partial charge in [0.25, 0.3) is 0 Å². The normalized spacial score (nSPS) is 15.2. The van der Waals surface area contributed by atoms with Crippen molar-refractivity contribution in [1.29, 1.82) is 0 Å². The number of fused-ring (bicyclic) bond motifs is 1. The fraction of sp³-hybridized carbons (Fsp3) is 0.364. The quantitative estimate of drug-likeness (QED) is 0.531. The fourth-order valence-electron chi connectivity index (χ4n) is 3.17. The van der Waals surface area contributed by atoms with Gasteiger partial charge in [0.1, 0.15) is 24.2 Å². The van der Waals surface area contributed by atoms with Crippen molar-refractivity contribution < 1.29 is 23.5 Å². The fourth-order valence-corrected chi connectivity index (χ4v) is 3.17. The van der Waals surface area contributed by atoms with Gasteiger partial charge in [0.05, 0.1) is 13.7 Å². The first-order chi connectivity index (χ1) is 14.7. The highest BCUT2D eigenvalue weighted by atomic mass is 16.6. The van der Waals surface area contributed by atoms with Gasteiger partial charge in [-0.25, -0.2) is 0 Å². The molecular weight excluding hydrogens is 386 g/mol. The molecule has 30 heavy (non-hydrogen) atoms. The average molecular weight is 411 g/mol. The Balaban J connectivity index is 1.28. The Morgan fingerprint density at radius 3 is 2.60 bits per heavy atom. The molecule has 8 heteroatoms. The van der Waals surface area contributed by atoms with E-state index in [1.54, 1.807) is 7.11 Å². The summed E-state index contributed by atoms with van der Waals surface area (Å²) >= 11 is 0. The van der Waals surface area contributed by atoms with Gasteiger partial charge in [-0.05, 0) is 42.9 Å². The van der Waals surface area contributed by atoms with Gasteiger partial charge < -0.3 is 23.5 Å². The molecule has 0 amide bonds. The molecule has 0 fully saturated rings. The summed E-state index contributed by atoms with van der Waals surface area (Å²) in [4.78, 5) is 6.62. The standard InChI is InChI=1S/C22H25N3O5/c1-3-25(12-18-14-28-19-6-4-5-7-20(19)29-18)13-22-23-21(24-30-22)15-27-17-10-8-16(26-2)9-11-17/h4-11,18H,3,12-15H2,1-2H3/t18-/m1/s1. The van der Waals surface area contributed by atoms with Gasteiger partial charge in [-0.15, -0.1) is 0 Å². The smallest absolute Gasteiger partial charge is 0.240 e. The average Bonchev–Trinajstić information content (AvgIpc) is 3.24. The zero-order valence-electron chi connectivity index (χ0n) is 17.1. The number of rotatable bonds is 9. The van der Waals surface area contributed by atoms with E-state index in [4.69, 9.17) is 23.5 Å². The topological polar surface area (TPSA) is 79.1 Å². The zero-order chi connectivity index (χ0) is 20.8. The monoisotopic (exact) mass is 411 g/mol. The van der Waals surface area contributed by atoms with Crippen LogP contribution in [0, 0.1) is 0 Å². The lowest BCUT2D eigenvalue weighted by molar-refractivity contribution is 0.0551. The van der Waals surface area contributed by atoms with E-state index >= 15 is 0 Å². The molecule has 0 unspecified atom stereocenters. The first kappa shape index (κ1) is 20.0. The van der Waals surface area contributed by atoms with E-state index in [2.05, 4.69) is 22.0 Å². The van der Waals surface area contributed by atoms with Gasteiger partial charge in [-0.1, -0.05) is 24.2 Å². The van der Waals surface area contributed by atoms with E-state index in [9.17, 15) is 0 Å². The molecule has 1 aromatic heterocycles. The van der Waals surface area contributed by atoms with E-state index < -0.39 is 0 Å². The molecule has 0 aliphatic carbocycles. The highest BCUT2D eigenvalue weighted by Gasteiger charge is 2.23. The lowest BCUT2D eigenvalue weighted by Crippen LogP contribution is -2.40. The Bertz CT molecular complexity index is 944. The van der Waals surface area contributed by atoms with Crippen molar-refractivity contribution in [2.24, 2.45) is 0 Å². The summed E-state index contributed by atoms with van der Waals surface area (Å²) in [6.45, 7) is 4.89. The van der Waals surface area contributed by atoms with Crippen LogP contribution < -0.4 is 18.9 Å². The summed E-state index contributed by atoms with van der Waals surface area (Å²) in [6.07, 6.45) is -0.0550. The molecule has 1 aliphatic rings. The van der Waals surface area contributed by atoms with Crippen LogP contribution >= 0.6 is 0 Å². The molecule has 0 N–H and O–H groups in total. The van der Waals surface area contributed by atoms with Crippen molar-refractivity contribution in [3.05, 3.63) is 60.2 Å². The Hall–Kier alpha value is -3.26. The Morgan fingerprint density at radius 2 is 1.83 bits per heavy atom. The summed E-state index contributed by atoms with van der Waals surface area (Å²) < 4.78 is 28.1. The largest absolute Gasteiger partial charge is 0.497 e. The molecule has 1 aliphatic heterocycles. The SMILES string of the molecule is CCN(Cc1nc(COc2ccc(OC)cc2)no1)C[C@@H]1COc2ccccc2O1. The van der Waals surface area contributed by atoms with Crippen molar-refractivity contribution in [1.82, 2.24) is 15.0 Å². The van der Waals surface area contributed by atoms with E-state index in [0.29, 0.717) is 37.2 Å². The van der Waals surface area contributed by atoms with E-state index in [1.165, 1.54) is 0 Å². The van der Waals surface area contributed by atoms with Crippen LogP contribution in [0.5, 0.6) is 23.0 Å². The van der Waals surface area contributed by atoms with Crippen molar-refractivity contribution in [2.75, 3.05) is 26.8 Å². The second-order valence-electron chi connectivity index (χ2n) is 6.89. The number of hydrogen-bond acceptors (Lipinski definition) is 8. The predicted molar refractivity (Wildman–Crippen MR) is 109 cm³/mol. The van der Waals surface area contributed by atoms with Crippen molar-refractivity contribution >= 4 is 0 Å². The minimum absolute atomic E-state index is 0.0550. The Labute approximate surface area is 175 Å². The molecule has 0 bridgehead atoms. The summed E-state index contributed by atoms with van der Waals surface area (Å²) in [5.74, 6) is 4.10. The molecule has 8 nitrogen and oxygen atoms in total. The number of ether oxygens (including phenoxy) is 4. The zero-order valence-corrected chi connectivity index (χ0v) is 17.1. The number of nitrogens with zero attached hydrogens (tertiary/aromatic N) is 3. The minimum atomic E-state index is -0.0550. The number of aromatic nitrogens is 2. The van der Waals surface area contributed by atoms with Gasteiger partial charge in [0.15, 0.2) is 18.1 Å². The Kier molecular flexibility index (Phi) is 6.34. The summed E-state index contributed by atoms with van der Waals surface area (Å²) in [7, 11) is 1.63. The number of para-hydroxylation sites is 2. The molecule has 0 saturated carbocycles. The lowest BCUT2D eigenvalue weighted by atomic mass is 10.2. The van der Waals surface area contributed by atoms with Crippen molar-refractivity contribution in [2.45, 2.75) is 26.2 Å². The third kappa shape index (κ3) is 5.01. The number of methoxy groups -OCH3 is 1. The molecular formula is C22H25N3O5. The summed E-state index contributed by atoms with van der Waals surface area (Å²) in [5, 5.41) is 4.01. The van der Waals surface area contributed by atoms with Crippen LogP contribution in [-0.4, -0.2) is 48.0 Å². The number of likely N-dealkylation sites (N-methyl/N-ethyl adjacent to an activating group) is 1. The number of hydrogen-bond donors (Lipinski definition) is 0. The summed E-state index contributed by atoms with van der Waals surface area (Å²) in [6, 6.07) is 15.1. The molecule has 0 spiro atoms. The van der Waals surface area contributed by atoms with Gasteiger partial charge >= 0.3 is 0 Å². The molecule has 4 rings (SSSR count). The summed E-state index contributed by atoms with van der Waals surface area (Å²) in [5.41, 5.74) is 0. The lowest BCUT2D eigenvalue weighted by Gasteiger charge is -2.30. The molecule has 0 saturated heterocycles. The third-order valence-corrected chi connectivity index (χ3v) is 4.77. The maximum absolute atomic E-state index is 6.05. The molecule has 0 radical (unpaired) electrons. The highest BCUT2D eigenvalue weighted by Crippen LogP contribution is 2.31. The van der Waals surface area contributed by atoms with Gasteiger partial charge in [0, 0.05) is 6.54 Å². The minimum Gasteiger partial charge on any atom is -0.497 e. The van der Waals surface area contributed by atoms with E-state index in [0.717, 1.165) is 23.8 Å². The van der Waals surface area contributed by atoms with Crippen LogP contribution in [0.2, 0.25) is 0 Å². The predicted octanol–water partition coefficient (Wildman–Crippen LogP) is 3.32. The second-order valence-corrected chi connectivity index (χ2v) is 6.89. The maximum Gasteiger partial charge on any atom is 0.240 e. The van der Waals surface area contributed by atoms with Crippen LogP contribution in [0.15, 0.2) is 53.1 Å². The van der Waals surface area contributed by atoms with Crippen LogP contribution in [0.25, 0.3) is 0 Å². The molecule has 2 heterocycles. The third-order valence-electron chi connectivity index (χ3n) is 4.77. The first-order valence-electron chi connectivity index (χ1n) is 9.92. The van der Waals surface area contributed by atoms with Crippen LogP contribution in [-0.2, 0) is 13.2 Å². The van der Waals surface area contributed by atoms with Crippen molar-refractivity contribution in [3.8, 4) is 23.0 Å². The first-order valence-corrected chi connectivity index (χ1v) is 9.92. The van der Waals surface area contributed by atoms with Crippen LogP contribution in [0.3, 0.4) is 0 Å². The molecule has 2 aromatic carbocycles.